The molecule has 0 aliphatic carbocycles. The molecule has 3 N–H and O–H groups in total. The van der Waals surface area contributed by atoms with E-state index in [4.69, 9.17) is 10.5 Å². The van der Waals surface area contributed by atoms with Crippen LogP contribution in [-0.2, 0) is 0 Å². The molecule has 0 bridgehead atoms. The van der Waals surface area contributed by atoms with Crippen molar-refractivity contribution in [3.8, 4) is 5.75 Å². The van der Waals surface area contributed by atoms with Crippen molar-refractivity contribution >= 4 is 5.91 Å². The number of nitrogens with one attached hydrogen (secondary N) is 1. The third-order valence-electron chi connectivity index (χ3n) is 2.61. The largest absolute Gasteiger partial charge is 0.496 e. The van der Waals surface area contributed by atoms with Gasteiger partial charge in [-0.3, -0.25) is 4.79 Å². The van der Waals surface area contributed by atoms with Gasteiger partial charge in [0.2, 0.25) is 0 Å². The predicted octanol–water partition coefficient (Wildman–Crippen LogP) is 1.69. The van der Waals surface area contributed by atoms with E-state index < -0.39 is 11.7 Å². The van der Waals surface area contributed by atoms with Gasteiger partial charge in [-0.25, -0.2) is 4.39 Å². The molecule has 1 amide bonds. The first-order chi connectivity index (χ1) is 8.60. The van der Waals surface area contributed by atoms with Crippen molar-refractivity contribution in [2.75, 3.05) is 13.7 Å². The highest BCUT2D eigenvalue weighted by atomic mass is 19.1. The number of hydrogen-bond acceptors (Lipinski definition) is 3. The zero-order valence-electron chi connectivity index (χ0n) is 10.7. The average Bonchev–Trinajstić information content (AvgIpc) is 2.36. The van der Waals surface area contributed by atoms with Gasteiger partial charge in [0.25, 0.3) is 5.91 Å². The minimum Gasteiger partial charge on any atom is -0.496 e. The number of hydrogen-bond donors (Lipinski definition) is 2. The average molecular weight is 254 g/mol. The summed E-state index contributed by atoms with van der Waals surface area (Å²) in [6, 6.07) is 4.15. The van der Waals surface area contributed by atoms with E-state index in [0.717, 1.165) is 12.8 Å². The van der Waals surface area contributed by atoms with Crippen LogP contribution in [0.15, 0.2) is 18.2 Å². The highest BCUT2D eigenvalue weighted by Crippen LogP contribution is 2.20. The Hall–Kier alpha value is -1.62. The molecule has 0 aliphatic heterocycles. The van der Waals surface area contributed by atoms with Gasteiger partial charge in [-0.1, -0.05) is 19.4 Å². The molecule has 0 fully saturated rings. The van der Waals surface area contributed by atoms with E-state index in [9.17, 15) is 9.18 Å². The first-order valence-corrected chi connectivity index (χ1v) is 5.96. The molecule has 1 aromatic carbocycles. The molecule has 0 aromatic heterocycles. The molecule has 18 heavy (non-hydrogen) atoms. The van der Waals surface area contributed by atoms with E-state index >= 15 is 0 Å². The van der Waals surface area contributed by atoms with Gasteiger partial charge in [0.1, 0.15) is 17.1 Å². The summed E-state index contributed by atoms with van der Waals surface area (Å²) in [5.74, 6) is -0.885. The van der Waals surface area contributed by atoms with Crippen LogP contribution >= 0.6 is 0 Å². The summed E-state index contributed by atoms with van der Waals surface area (Å²) in [5, 5.41) is 2.62. The summed E-state index contributed by atoms with van der Waals surface area (Å²) in [4.78, 5) is 11.9. The molecule has 4 nitrogen and oxygen atoms in total. The van der Waals surface area contributed by atoms with Crippen LogP contribution in [0.1, 0.15) is 30.1 Å². The lowest BCUT2D eigenvalue weighted by atomic mass is 10.1. The zero-order valence-corrected chi connectivity index (χ0v) is 10.7. The zero-order chi connectivity index (χ0) is 13.5. The fourth-order valence-electron chi connectivity index (χ4n) is 1.68. The van der Waals surface area contributed by atoms with Gasteiger partial charge >= 0.3 is 0 Å². The predicted molar refractivity (Wildman–Crippen MR) is 68.2 cm³/mol. The summed E-state index contributed by atoms with van der Waals surface area (Å²) in [6.45, 7) is 2.34. The Morgan fingerprint density at radius 3 is 2.89 bits per heavy atom. The van der Waals surface area contributed by atoms with Crippen molar-refractivity contribution in [1.82, 2.24) is 5.32 Å². The van der Waals surface area contributed by atoms with Crippen LogP contribution in [0, 0.1) is 5.82 Å². The first kappa shape index (κ1) is 14.4. The second-order valence-electron chi connectivity index (χ2n) is 4.08. The number of carbonyl (C=O) groups is 1. The van der Waals surface area contributed by atoms with Crippen molar-refractivity contribution in [3.63, 3.8) is 0 Å². The molecule has 100 valence electrons. The Morgan fingerprint density at radius 1 is 1.56 bits per heavy atom. The van der Waals surface area contributed by atoms with Gasteiger partial charge in [0, 0.05) is 12.6 Å². The van der Waals surface area contributed by atoms with Crippen molar-refractivity contribution in [3.05, 3.63) is 29.6 Å². The Morgan fingerprint density at radius 2 is 2.28 bits per heavy atom. The topological polar surface area (TPSA) is 64.3 Å². The summed E-state index contributed by atoms with van der Waals surface area (Å²) in [7, 11) is 1.40. The number of methoxy groups -OCH3 is 1. The van der Waals surface area contributed by atoms with Crippen molar-refractivity contribution in [2.24, 2.45) is 5.73 Å². The van der Waals surface area contributed by atoms with Crippen LogP contribution < -0.4 is 15.8 Å². The third-order valence-corrected chi connectivity index (χ3v) is 2.61. The Bertz CT molecular complexity index is 410. The van der Waals surface area contributed by atoms with Crippen molar-refractivity contribution < 1.29 is 13.9 Å². The minimum absolute atomic E-state index is 0.0799. The van der Waals surface area contributed by atoms with Gasteiger partial charge in [-0.2, -0.15) is 0 Å². The van der Waals surface area contributed by atoms with Crippen molar-refractivity contribution in [1.29, 1.82) is 0 Å². The standard InChI is InChI=1S/C13H19FN2O2/c1-3-5-9(15)8-16-13(17)12-10(14)6-4-7-11(12)18-2/h4,6-7,9H,3,5,8,15H2,1-2H3,(H,16,17). The SMILES string of the molecule is CCCC(N)CNC(=O)c1c(F)cccc1OC. The Kier molecular flexibility index (Phi) is 5.58. The number of nitrogens with two attached hydrogens (primary N) is 1. The lowest BCUT2D eigenvalue weighted by Gasteiger charge is -2.13. The molecule has 1 rings (SSSR count). The van der Waals surface area contributed by atoms with E-state index in [1.807, 2.05) is 6.92 Å². The molecule has 5 heteroatoms. The quantitative estimate of drug-likeness (QED) is 0.812. The Balaban J connectivity index is 2.72. The maximum atomic E-state index is 13.6. The molecule has 0 radical (unpaired) electrons. The van der Waals surface area contributed by atoms with Crippen LogP contribution in [0.25, 0.3) is 0 Å². The summed E-state index contributed by atoms with van der Waals surface area (Å²) < 4.78 is 18.6. The molecule has 0 heterocycles. The number of amides is 1. The molecule has 0 spiro atoms. The van der Waals surface area contributed by atoms with E-state index in [1.165, 1.54) is 19.2 Å². The van der Waals surface area contributed by atoms with Crippen molar-refractivity contribution in [2.45, 2.75) is 25.8 Å². The fourth-order valence-corrected chi connectivity index (χ4v) is 1.68. The van der Waals surface area contributed by atoms with Crippen LogP contribution in [0.5, 0.6) is 5.75 Å². The maximum absolute atomic E-state index is 13.6. The normalized spacial score (nSPS) is 12.0. The second-order valence-corrected chi connectivity index (χ2v) is 4.08. The van der Waals surface area contributed by atoms with Gasteiger partial charge in [-0.15, -0.1) is 0 Å². The summed E-state index contributed by atoms with van der Waals surface area (Å²) in [5.41, 5.74) is 5.70. The molecule has 0 saturated carbocycles. The van der Waals surface area contributed by atoms with Gasteiger partial charge in [0.15, 0.2) is 0 Å². The maximum Gasteiger partial charge on any atom is 0.258 e. The molecule has 1 atom stereocenters. The van der Waals surface area contributed by atoms with Crippen LogP contribution in [0.4, 0.5) is 4.39 Å². The lowest BCUT2D eigenvalue weighted by Crippen LogP contribution is -2.37. The molecule has 1 aromatic rings. The highest BCUT2D eigenvalue weighted by molar-refractivity contribution is 5.97. The smallest absolute Gasteiger partial charge is 0.258 e. The highest BCUT2D eigenvalue weighted by Gasteiger charge is 2.17. The van der Waals surface area contributed by atoms with Crippen LogP contribution in [0.3, 0.4) is 0 Å². The minimum atomic E-state index is -0.601. The molecular weight excluding hydrogens is 235 g/mol. The molecular formula is C13H19FN2O2. The van der Waals surface area contributed by atoms with E-state index in [1.54, 1.807) is 6.07 Å². The molecule has 0 aliphatic rings. The Labute approximate surface area is 106 Å². The third kappa shape index (κ3) is 3.70. The number of benzene rings is 1. The molecule has 0 saturated heterocycles. The fraction of sp³-hybridized carbons (Fsp3) is 0.462. The number of rotatable bonds is 6. The number of carbonyl (C=O) groups excluding carboxylic acids is 1. The van der Waals surface area contributed by atoms with Gasteiger partial charge in [-0.05, 0) is 18.6 Å². The lowest BCUT2D eigenvalue weighted by molar-refractivity contribution is 0.0943. The molecule has 1 unspecified atom stereocenters. The first-order valence-electron chi connectivity index (χ1n) is 5.96. The van der Waals surface area contributed by atoms with E-state index in [0.29, 0.717) is 6.54 Å². The second kappa shape index (κ2) is 6.96. The van der Waals surface area contributed by atoms with Gasteiger partial charge in [0.05, 0.1) is 7.11 Å². The number of ether oxygens (including phenoxy) is 1. The monoisotopic (exact) mass is 254 g/mol. The van der Waals surface area contributed by atoms with E-state index in [-0.39, 0.29) is 17.4 Å². The van der Waals surface area contributed by atoms with Crippen LogP contribution in [-0.4, -0.2) is 25.6 Å². The summed E-state index contributed by atoms with van der Waals surface area (Å²) in [6.07, 6.45) is 1.76. The van der Waals surface area contributed by atoms with Crippen LogP contribution in [0.2, 0.25) is 0 Å². The van der Waals surface area contributed by atoms with Gasteiger partial charge < -0.3 is 15.8 Å². The summed E-state index contributed by atoms with van der Waals surface area (Å²) >= 11 is 0. The number of halogens is 1. The van der Waals surface area contributed by atoms with E-state index in [2.05, 4.69) is 5.32 Å².